The molecule has 1 aromatic carbocycles. The molecule has 2 aromatic rings. The molecule has 1 nitrogen and oxygen atoms in total. The molecule has 1 aliphatic heterocycles. The fraction of sp³-hybridized carbons (Fsp3) is 0.312. The summed E-state index contributed by atoms with van der Waals surface area (Å²) in [5.74, 6) is 0. The van der Waals surface area contributed by atoms with E-state index >= 15 is 0 Å². The number of benzene rings is 1. The Morgan fingerprint density at radius 3 is 2.65 bits per heavy atom. The SMILES string of the molecule is CC(C)(C)c1ccc2c(c1)C[n+]1ccccc1-2. The fourth-order valence-corrected chi connectivity index (χ4v) is 2.48. The first-order valence-electron chi connectivity index (χ1n) is 6.18. The monoisotopic (exact) mass is 224 g/mol. The van der Waals surface area contributed by atoms with E-state index in [0.29, 0.717) is 0 Å². The quantitative estimate of drug-likeness (QED) is 0.516. The van der Waals surface area contributed by atoms with Crippen LogP contribution in [0.3, 0.4) is 0 Å². The molecule has 2 heterocycles. The first kappa shape index (κ1) is 10.5. The Morgan fingerprint density at radius 1 is 1.06 bits per heavy atom. The average molecular weight is 224 g/mol. The minimum Gasteiger partial charge on any atom is -0.194 e. The van der Waals surface area contributed by atoms with Gasteiger partial charge in [0, 0.05) is 17.7 Å². The lowest BCUT2D eigenvalue weighted by atomic mass is 9.85. The largest absolute Gasteiger partial charge is 0.213 e. The molecule has 17 heavy (non-hydrogen) atoms. The first-order valence-corrected chi connectivity index (χ1v) is 6.18. The minimum absolute atomic E-state index is 0.231. The van der Waals surface area contributed by atoms with Crippen molar-refractivity contribution in [1.82, 2.24) is 0 Å². The highest BCUT2D eigenvalue weighted by Crippen LogP contribution is 2.31. The Labute approximate surface area is 103 Å². The molecule has 86 valence electrons. The van der Waals surface area contributed by atoms with E-state index in [-0.39, 0.29) is 5.41 Å². The van der Waals surface area contributed by atoms with Crippen molar-refractivity contribution in [1.29, 1.82) is 0 Å². The smallest absolute Gasteiger partial charge is 0.194 e. The molecule has 1 aliphatic rings. The molecule has 0 fully saturated rings. The number of rotatable bonds is 0. The highest BCUT2D eigenvalue weighted by Gasteiger charge is 2.26. The standard InChI is InChI=1S/C16H18N/c1-16(2,3)13-7-8-14-12(10-13)11-17-9-5-4-6-15(14)17/h4-10H,11H2,1-3H3/q+1. The molecule has 1 aromatic heterocycles. The van der Waals surface area contributed by atoms with Crippen molar-refractivity contribution in [2.75, 3.05) is 0 Å². The lowest BCUT2D eigenvalue weighted by molar-refractivity contribution is -0.672. The molecule has 0 saturated carbocycles. The number of hydrogen-bond acceptors (Lipinski definition) is 0. The maximum Gasteiger partial charge on any atom is 0.213 e. The molecule has 1 heteroatoms. The second-order valence-electron chi connectivity index (χ2n) is 5.84. The van der Waals surface area contributed by atoms with Crippen LogP contribution in [0.2, 0.25) is 0 Å². The summed E-state index contributed by atoms with van der Waals surface area (Å²) in [6, 6.07) is 13.3. The van der Waals surface area contributed by atoms with Gasteiger partial charge in [0.15, 0.2) is 12.7 Å². The third-order valence-electron chi connectivity index (χ3n) is 3.53. The van der Waals surface area contributed by atoms with Crippen LogP contribution in [0, 0.1) is 0 Å². The summed E-state index contributed by atoms with van der Waals surface area (Å²) >= 11 is 0. The van der Waals surface area contributed by atoms with E-state index in [0.717, 1.165) is 6.54 Å². The van der Waals surface area contributed by atoms with Gasteiger partial charge in [-0.15, -0.1) is 0 Å². The predicted molar refractivity (Wildman–Crippen MR) is 69.9 cm³/mol. The van der Waals surface area contributed by atoms with Crippen LogP contribution >= 0.6 is 0 Å². The fourth-order valence-electron chi connectivity index (χ4n) is 2.48. The zero-order valence-electron chi connectivity index (χ0n) is 10.7. The van der Waals surface area contributed by atoms with Crippen molar-refractivity contribution in [2.45, 2.75) is 32.7 Å². The van der Waals surface area contributed by atoms with Gasteiger partial charge in [0.1, 0.15) is 0 Å². The van der Waals surface area contributed by atoms with E-state index in [1.54, 1.807) is 0 Å². The summed E-state index contributed by atoms with van der Waals surface area (Å²) < 4.78 is 2.32. The van der Waals surface area contributed by atoms with Gasteiger partial charge in [0.05, 0.1) is 5.56 Å². The van der Waals surface area contributed by atoms with Crippen molar-refractivity contribution in [3.05, 3.63) is 53.7 Å². The lowest BCUT2D eigenvalue weighted by Gasteiger charge is -2.19. The molecule has 3 rings (SSSR count). The van der Waals surface area contributed by atoms with Crippen molar-refractivity contribution in [3.8, 4) is 11.3 Å². The molecule has 0 unspecified atom stereocenters. The van der Waals surface area contributed by atoms with Crippen LogP contribution in [0.5, 0.6) is 0 Å². The van der Waals surface area contributed by atoms with Gasteiger partial charge in [0.2, 0.25) is 5.69 Å². The zero-order chi connectivity index (χ0) is 12.0. The van der Waals surface area contributed by atoms with Gasteiger partial charge in [-0.25, -0.2) is 0 Å². The van der Waals surface area contributed by atoms with Crippen molar-refractivity contribution >= 4 is 0 Å². The van der Waals surface area contributed by atoms with Crippen LogP contribution in [0.1, 0.15) is 31.9 Å². The molecular weight excluding hydrogens is 206 g/mol. The van der Waals surface area contributed by atoms with Crippen LogP contribution in [0.15, 0.2) is 42.6 Å². The van der Waals surface area contributed by atoms with E-state index in [2.05, 4.69) is 67.9 Å². The van der Waals surface area contributed by atoms with Crippen molar-refractivity contribution in [3.63, 3.8) is 0 Å². The number of fused-ring (bicyclic) bond motifs is 3. The van der Waals surface area contributed by atoms with Crippen molar-refractivity contribution in [2.24, 2.45) is 0 Å². The van der Waals surface area contributed by atoms with E-state index in [9.17, 15) is 0 Å². The Hall–Kier alpha value is -1.63. The summed E-state index contributed by atoms with van der Waals surface area (Å²) in [4.78, 5) is 0. The predicted octanol–water partition coefficient (Wildman–Crippen LogP) is 3.30. The summed E-state index contributed by atoms with van der Waals surface area (Å²) in [6.07, 6.45) is 2.16. The number of nitrogens with zero attached hydrogens (tertiary/aromatic N) is 1. The normalized spacial score (nSPS) is 13.4. The molecule has 0 bridgehead atoms. The maximum absolute atomic E-state index is 2.36. The van der Waals surface area contributed by atoms with Gasteiger partial charge >= 0.3 is 0 Å². The second kappa shape index (κ2) is 3.43. The van der Waals surface area contributed by atoms with Crippen LogP contribution in [-0.2, 0) is 12.0 Å². The molecule has 0 N–H and O–H groups in total. The van der Waals surface area contributed by atoms with Gasteiger partial charge in [-0.1, -0.05) is 26.8 Å². The van der Waals surface area contributed by atoms with E-state index < -0.39 is 0 Å². The van der Waals surface area contributed by atoms with Gasteiger partial charge in [-0.05, 0) is 29.2 Å². The zero-order valence-corrected chi connectivity index (χ0v) is 10.7. The van der Waals surface area contributed by atoms with Crippen molar-refractivity contribution < 1.29 is 4.57 Å². The minimum atomic E-state index is 0.231. The first-order chi connectivity index (χ1) is 8.05. The van der Waals surface area contributed by atoms with E-state index in [1.165, 1.54) is 22.4 Å². The molecule has 0 radical (unpaired) electrons. The van der Waals surface area contributed by atoms with Gasteiger partial charge < -0.3 is 0 Å². The molecule has 0 saturated heterocycles. The topological polar surface area (TPSA) is 3.88 Å². The molecule has 0 amide bonds. The molecular formula is C16H18N+. The molecule has 0 aliphatic carbocycles. The molecule has 0 spiro atoms. The third-order valence-corrected chi connectivity index (χ3v) is 3.53. The Morgan fingerprint density at radius 2 is 1.88 bits per heavy atom. The summed E-state index contributed by atoms with van der Waals surface area (Å²) in [6.45, 7) is 7.81. The van der Waals surface area contributed by atoms with Crippen LogP contribution in [0.4, 0.5) is 0 Å². The number of aromatic nitrogens is 1. The summed E-state index contributed by atoms with van der Waals surface area (Å²) in [5, 5.41) is 0. The number of pyridine rings is 1. The van der Waals surface area contributed by atoms with Crippen LogP contribution < -0.4 is 4.57 Å². The highest BCUT2D eigenvalue weighted by atomic mass is 15.0. The maximum atomic E-state index is 2.36. The Bertz CT molecular complexity index is 576. The van der Waals surface area contributed by atoms with Crippen LogP contribution in [-0.4, -0.2) is 0 Å². The van der Waals surface area contributed by atoms with Crippen LogP contribution in [0.25, 0.3) is 11.3 Å². The van der Waals surface area contributed by atoms with Gasteiger partial charge in [0.25, 0.3) is 0 Å². The van der Waals surface area contributed by atoms with Gasteiger partial charge in [-0.3, -0.25) is 0 Å². The van der Waals surface area contributed by atoms with E-state index in [1.807, 2.05) is 0 Å². The highest BCUT2D eigenvalue weighted by molar-refractivity contribution is 5.64. The summed E-state index contributed by atoms with van der Waals surface area (Å²) in [5.41, 5.74) is 5.82. The Kier molecular flexibility index (Phi) is 2.12. The number of hydrogen-bond donors (Lipinski definition) is 0. The lowest BCUT2D eigenvalue weighted by Crippen LogP contribution is -2.31. The second-order valence-corrected chi connectivity index (χ2v) is 5.84. The summed E-state index contributed by atoms with van der Waals surface area (Å²) in [7, 11) is 0. The van der Waals surface area contributed by atoms with E-state index in [4.69, 9.17) is 0 Å². The average Bonchev–Trinajstić information content (AvgIpc) is 2.65. The Balaban J connectivity index is 2.13. The van der Waals surface area contributed by atoms with Gasteiger partial charge in [-0.2, -0.15) is 4.57 Å². The third kappa shape index (κ3) is 1.66. The molecule has 0 atom stereocenters.